The highest BCUT2D eigenvalue weighted by molar-refractivity contribution is 7.90. The van der Waals surface area contributed by atoms with Crippen LogP contribution in [-0.2, 0) is 16.9 Å². The van der Waals surface area contributed by atoms with Gasteiger partial charge in [0.25, 0.3) is 5.91 Å². The van der Waals surface area contributed by atoms with Gasteiger partial charge in [-0.25, -0.2) is 8.42 Å². The maximum Gasteiger partial charge on any atom is 0.280 e. The van der Waals surface area contributed by atoms with E-state index in [1.807, 2.05) is 36.7 Å². The van der Waals surface area contributed by atoms with Crippen LogP contribution >= 0.6 is 11.3 Å². The first kappa shape index (κ1) is 16.6. The molecule has 0 saturated heterocycles. The molecule has 0 N–H and O–H groups in total. The Morgan fingerprint density at radius 3 is 2.50 bits per heavy atom. The summed E-state index contributed by atoms with van der Waals surface area (Å²) in [5.41, 5.74) is 2.20. The van der Waals surface area contributed by atoms with E-state index in [4.69, 9.17) is 0 Å². The first-order chi connectivity index (χ1) is 11.3. The Bertz CT molecular complexity index is 1120. The molecule has 3 aromatic rings. The van der Waals surface area contributed by atoms with Crippen LogP contribution in [0.3, 0.4) is 0 Å². The number of para-hydroxylation sites is 1. The van der Waals surface area contributed by atoms with Gasteiger partial charge >= 0.3 is 0 Å². The van der Waals surface area contributed by atoms with Crippen molar-refractivity contribution in [2.75, 3.05) is 6.26 Å². The molecule has 0 fully saturated rings. The molecule has 0 radical (unpaired) electrons. The molecular formula is C17H16N2O3S2. The number of carbonyl (C=O) groups excluding carboxylic acids is 1. The quantitative estimate of drug-likeness (QED) is 0.706. The van der Waals surface area contributed by atoms with Crippen molar-refractivity contribution in [1.82, 2.24) is 4.57 Å². The minimum atomic E-state index is -3.50. The average Bonchev–Trinajstić information content (AvgIpc) is 2.84. The zero-order valence-electron chi connectivity index (χ0n) is 13.5. The number of carbonyl (C=O) groups is 1. The van der Waals surface area contributed by atoms with Gasteiger partial charge in [-0.3, -0.25) is 4.79 Å². The summed E-state index contributed by atoms with van der Waals surface area (Å²) in [5, 5.41) is 0. The minimum Gasteiger partial charge on any atom is -0.319 e. The van der Waals surface area contributed by atoms with Crippen LogP contribution in [0.1, 0.15) is 15.9 Å². The second-order valence-corrected chi connectivity index (χ2v) is 8.54. The van der Waals surface area contributed by atoms with Crippen LogP contribution in [0.25, 0.3) is 10.2 Å². The molecule has 7 heteroatoms. The van der Waals surface area contributed by atoms with Crippen LogP contribution in [0.4, 0.5) is 0 Å². The third-order valence-electron chi connectivity index (χ3n) is 3.74. The van der Waals surface area contributed by atoms with Gasteiger partial charge < -0.3 is 4.57 Å². The number of fused-ring (bicyclic) bond motifs is 1. The Morgan fingerprint density at radius 1 is 1.12 bits per heavy atom. The van der Waals surface area contributed by atoms with Crippen LogP contribution < -0.4 is 4.80 Å². The molecule has 2 aromatic carbocycles. The Labute approximate surface area is 143 Å². The van der Waals surface area contributed by atoms with E-state index in [0.29, 0.717) is 4.80 Å². The van der Waals surface area contributed by atoms with Crippen molar-refractivity contribution in [3.8, 4) is 0 Å². The molecular weight excluding hydrogens is 344 g/mol. The van der Waals surface area contributed by atoms with Crippen LogP contribution in [0.5, 0.6) is 0 Å². The summed E-state index contributed by atoms with van der Waals surface area (Å²) in [5.74, 6) is -0.559. The van der Waals surface area contributed by atoms with E-state index < -0.39 is 15.7 Å². The van der Waals surface area contributed by atoms with Crippen molar-refractivity contribution in [2.24, 2.45) is 12.0 Å². The molecule has 1 aromatic heterocycles. The lowest BCUT2D eigenvalue weighted by molar-refractivity contribution is 0.0995. The molecule has 1 amide bonds. The summed E-state index contributed by atoms with van der Waals surface area (Å²) >= 11 is 1.40. The number of hydrogen-bond acceptors (Lipinski definition) is 4. The molecule has 24 heavy (non-hydrogen) atoms. The van der Waals surface area contributed by atoms with Crippen LogP contribution in [-0.4, -0.2) is 25.1 Å². The molecule has 0 unspecified atom stereocenters. The van der Waals surface area contributed by atoms with E-state index in [-0.39, 0.29) is 10.5 Å². The smallest absolute Gasteiger partial charge is 0.280 e. The summed E-state index contributed by atoms with van der Waals surface area (Å²) in [7, 11) is -1.65. The fraction of sp³-hybridized carbons (Fsp3) is 0.176. The Morgan fingerprint density at radius 2 is 1.83 bits per heavy atom. The number of hydrogen-bond donors (Lipinski definition) is 0. The summed E-state index contributed by atoms with van der Waals surface area (Å²) in [6, 6.07) is 12.1. The molecule has 0 bridgehead atoms. The van der Waals surface area contributed by atoms with Gasteiger partial charge in [-0.1, -0.05) is 35.6 Å². The molecule has 0 aliphatic carbocycles. The molecule has 0 atom stereocenters. The SMILES string of the molecule is Cc1cccc2sc(=NC(=O)c3ccccc3S(C)(=O)=O)n(C)c12. The second kappa shape index (κ2) is 5.99. The van der Waals surface area contributed by atoms with Gasteiger partial charge in [-0.2, -0.15) is 4.99 Å². The van der Waals surface area contributed by atoms with E-state index in [1.54, 1.807) is 12.1 Å². The number of aryl methyl sites for hydroxylation is 2. The van der Waals surface area contributed by atoms with Gasteiger partial charge in [0.1, 0.15) is 0 Å². The van der Waals surface area contributed by atoms with Crippen molar-refractivity contribution >= 4 is 37.3 Å². The number of benzene rings is 2. The lowest BCUT2D eigenvalue weighted by Crippen LogP contribution is -2.15. The highest BCUT2D eigenvalue weighted by atomic mass is 32.2. The molecule has 5 nitrogen and oxygen atoms in total. The maximum atomic E-state index is 12.6. The van der Waals surface area contributed by atoms with Crippen LogP contribution in [0.15, 0.2) is 52.4 Å². The van der Waals surface area contributed by atoms with Gasteiger partial charge in [0, 0.05) is 13.3 Å². The van der Waals surface area contributed by atoms with Crippen molar-refractivity contribution in [3.63, 3.8) is 0 Å². The topological polar surface area (TPSA) is 68.5 Å². The van der Waals surface area contributed by atoms with Crippen LogP contribution in [0, 0.1) is 6.92 Å². The number of aromatic nitrogens is 1. The number of amides is 1. The predicted molar refractivity (Wildman–Crippen MR) is 95.0 cm³/mol. The summed E-state index contributed by atoms with van der Waals surface area (Å²) in [6.45, 7) is 2.00. The van der Waals surface area contributed by atoms with E-state index >= 15 is 0 Å². The summed E-state index contributed by atoms with van der Waals surface area (Å²) < 4.78 is 26.6. The predicted octanol–water partition coefficient (Wildman–Crippen LogP) is 2.69. The number of nitrogens with zero attached hydrogens (tertiary/aromatic N) is 2. The number of thiazole rings is 1. The lowest BCUT2D eigenvalue weighted by Gasteiger charge is -2.03. The summed E-state index contributed by atoms with van der Waals surface area (Å²) in [6.07, 6.45) is 1.09. The average molecular weight is 360 g/mol. The van der Waals surface area contributed by atoms with Crippen molar-refractivity contribution in [3.05, 3.63) is 58.4 Å². The van der Waals surface area contributed by atoms with E-state index in [2.05, 4.69) is 4.99 Å². The molecule has 3 rings (SSSR count). The van der Waals surface area contributed by atoms with E-state index in [0.717, 1.165) is 22.0 Å². The largest absolute Gasteiger partial charge is 0.319 e. The highest BCUT2D eigenvalue weighted by Crippen LogP contribution is 2.20. The first-order valence-corrected chi connectivity index (χ1v) is 9.93. The standard InChI is InChI=1S/C17H16N2O3S2/c1-11-7-6-9-13-15(11)19(2)17(23-13)18-16(20)12-8-4-5-10-14(12)24(3,21)22/h4-10H,1-3H3. The zero-order chi connectivity index (χ0) is 17.5. The zero-order valence-corrected chi connectivity index (χ0v) is 15.1. The van der Waals surface area contributed by atoms with Crippen molar-refractivity contribution in [2.45, 2.75) is 11.8 Å². The molecule has 0 spiro atoms. The normalized spacial score (nSPS) is 12.7. The minimum absolute atomic E-state index is 0.00121. The van der Waals surface area contributed by atoms with Crippen molar-refractivity contribution < 1.29 is 13.2 Å². The van der Waals surface area contributed by atoms with Gasteiger partial charge in [0.15, 0.2) is 14.6 Å². The third-order valence-corrected chi connectivity index (χ3v) is 5.99. The maximum absolute atomic E-state index is 12.6. The lowest BCUT2D eigenvalue weighted by atomic mass is 10.2. The Balaban J connectivity index is 2.19. The third kappa shape index (κ3) is 2.92. The van der Waals surface area contributed by atoms with Gasteiger partial charge in [0.2, 0.25) is 0 Å². The molecule has 0 aliphatic rings. The van der Waals surface area contributed by atoms with Gasteiger partial charge in [0.05, 0.1) is 20.7 Å². The Kier molecular flexibility index (Phi) is 4.15. The first-order valence-electron chi connectivity index (χ1n) is 7.22. The van der Waals surface area contributed by atoms with E-state index in [9.17, 15) is 13.2 Å². The van der Waals surface area contributed by atoms with Crippen LogP contribution in [0.2, 0.25) is 0 Å². The van der Waals surface area contributed by atoms with Gasteiger partial charge in [-0.05, 0) is 30.7 Å². The fourth-order valence-electron chi connectivity index (χ4n) is 2.62. The second-order valence-electron chi connectivity index (χ2n) is 5.55. The number of rotatable bonds is 2. The van der Waals surface area contributed by atoms with Gasteiger partial charge in [-0.15, -0.1) is 0 Å². The fourth-order valence-corrected chi connectivity index (χ4v) is 4.59. The Hall–Kier alpha value is -2.25. The van der Waals surface area contributed by atoms with E-state index in [1.165, 1.54) is 23.5 Å². The monoisotopic (exact) mass is 360 g/mol. The molecule has 0 aliphatic heterocycles. The highest BCUT2D eigenvalue weighted by Gasteiger charge is 2.18. The summed E-state index contributed by atoms with van der Waals surface area (Å²) in [4.78, 5) is 17.3. The number of sulfone groups is 1. The molecule has 1 heterocycles. The van der Waals surface area contributed by atoms with Crippen molar-refractivity contribution in [1.29, 1.82) is 0 Å². The molecule has 0 saturated carbocycles. The molecule has 124 valence electrons.